The molecule has 1 saturated heterocycles. The maximum absolute atomic E-state index is 11.6. The van der Waals surface area contributed by atoms with Crippen LogP contribution in [0.4, 0.5) is 5.69 Å². The molecule has 7 heteroatoms. The number of benzene rings is 1. The lowest BCUT2D eigenvalue weighted by atomic mass is 9.97. The van der Waals surface area contributed by atoms with Crippen molar-refractivity contribution in [3.63, 3.8) is 0 Å². The molecule has 3 N–H and O–H groups in total. The summed E-state index contributed by atoms with van der Waals surface area (Å²) in [6.07, 6.45) is 0. The molecule has 112 valence electrons. The molecular formula is C13H20N2O4S. The van der Waals surface area contributed by atoms with Gasteiger partial charge in [0, 0.05) is 18.8 Å². The molecule has 0 unspecified atom stereocenters. The first-order valence-electron chi connectivity index (χ1n) is 6.41. The highest BCUT2D eigenvalue weighted by Gasteiger charge is 2.22. The molecule has 0 amide bonds. The first-order chi connectivity index (χ1) is 9.18. The molecule has 0 bridgehead atoms. The Morgan fingerprint density at radius 3 is 2.35 bits per heavy atom. The van der Waals surface area contributed by atoms with Crippen LogP contribution >= 0.6 is 0 Å². The molecular weight excluding hydrogens is 280 g/mol. The molecule has 1 fully saturated rings. The average molecular weight is 300 g/mol. The lowest BCUT2D eigenvalue weighted by molar-refractivity contribution is 0.0783. The van der Waals surface area contributed by atoms with Crippen molar-refractivity contribution in [1.29, 1.82) is 0 Å². The van der Waals surface area contributed by atoms with E-state index < -0.39 is 15.6 Å². The minimum Gasteiger partial charge on any atom is -0.386 e. The summed E-state index contributed by atoms with van der Waals surface area (Å²) in [6, 6.07) is 4.75. The molecule has 0 aliphatic carbocycles. The Hall–Kier alpha value is -1.15. The van der Waals surface area contributed by atoms with Gasteiger partial charge in [0.05, 0.1) is 23.7 Å². The monoisotopic (exact) mass is 300 g/mol. The summed E-state index contributed by atoms with van der Waals surface area (Å²) in [5, 5.41) is 15.3. The van der Waals surface area contributed by atoms with Gasteiger partial charge in [-0.15, -0.1) is 0 Å². The highest BCUT2D eigenvalue weighted by Crippen LogP contribution is 2.28. The number of morpholine rings is 1. The van der Waals surface area contributed by atoms with E-state index in [-0.39, 0.29) is 4.90 Å². The van der Waals surface area contributed by atoms with Gasteiger partial charge in [0.2, 0.25) is 10.0 Å². The van der Waals surface area contributed by atoms with Crippen molar-refractivity contribution < 1.29 is 18.3 Å². The Labute approximate surface area is 119 Å². The zero-order valence-electron chi connectivity index (χ0n) is 11.7. The molecule has 0 atom stereocenters. The first-order valence-corrected chi connectivity index (χ1v) is 7.96. The van der Waals surface area contributed by atoms with Gasteiger partial charge in [-0.1, -0.05) is 0 Å². The smallest absolute Gasteiger partial charge is 0.238 e. The number of aliphatic hydroxyl groups is 1. The van der Waals surface area contributed by atoms with Crippen molar-refractivity contribution in [3.8, 4) is 0 Å². The van der Waals surface area contributed by atoms with E-state index in [1.54, 1.807) is 19.9 Å². The number of primary sulfonamides is 1. The highest BCUT2D eigenvalue weighted by molar-refractivity contribution is 7.89. The number of anilines is 1. The Kier molecular flexibility index (Phi) is 4.06. The van der Waals surface area contributed by atoms with E-state index in [0.29, 0.717) is 31.9 Å². The third kappa shape index (κ3) is 3.49. The van der Waals surface area contributed by atoms with Crippen molar-refractivity contribution in [2.45, 2.75) is 24.3 Å². The van der Waals surface area contributed by atoms with Crippen LogP contribution in [-0.2, 0) is 20.4 Å². The molecule has 6 nitrogen and oxygen atoms in total. The van der Waals surface area contributed by atoms with E-state index in [4.69, 9.17) is 9.88 Å². The largest absolute Gasteiger partial charge is 0.386 e. The van der Waals surface area contributed by atoms with Crippen LogP contribution in [0.25, 0.3) is 0 Å². The molecule has 0 spiro atoms. The van der Waals surface area contributed by atoms with Crippen LogP contribution in [0.5, 0.6) is 0 Å². The predicted octanol–water partition coefficient (Wildman–Crippen LogP) is 0.398. The number of sulfonamides is 1. The van der Waals surface area contributed by atoms with Gasteiger partial charge in [0.1, 0.15) is 0 Å². The number of hydrogen-bond acceptors (Lipinski definition) is 5. The molecule has 0 aromatic heterocycles. The minimum atomic E-state index is -3.82. The number of rotatable bonds is 3. The van der Waals surface area contributed by atoms with Gasteiger partial charge in [-0.3, -0.25) is 0 Å². The van der Waals surface area contributed by atoms with Gasteiger partial charge in [-0.25, -0.2) is 13.6 Å². The summed E-state index contributed by atoms with van der Waals surface area (Å²) in [5.41, 5.74) is 0.115. The maximum Gasteiger partial charge on any atom is 0.238 e. The molecule has 1 aliphatic heterocycles. The van der Waals surface area contributed by atoms with E-state index in [0.717, 1.165) is 5.69 Å². The van der Waals surface area contributed by atoms with Crippen LogP contribution in [0.3, 0.4) is 0 Å². The first kappa shape index (κ1) is 15.2. The van der Waals surface area contributed by atoms with Gasteiger partial charge < -0.3 is 14.7 Å². The summed E-state index contributed by atoms with van der Waals surface area (Å²) < 4.78 is 28.5. The zero-order valence-corrected chi connectivity index (χ0v) is 12.5. The lowest BCUT2D eigenvalue weighted by Crippen LogP contribution is -2.36. The minimum absolute atomic E-state index is 0.0126. The second-order valence-electron chi connectivity index (χ2n) is 5.42. The molecule has 1 heterocycles. The van der Waals surface area contributed by atoms with Crippen LogP contribution < -0.4 is 10.0 Å². The summed E-state index contributed by atoms with van der Waals surface area (Å²) in [4.78, 5) is 2.03. The summed E-state index contributed by atoms with van der Waals surface area (Å²) in [6.45, 7) is 5.77. The van der Waals surface area contributed by atoms with Gasteiger partial charge in [-0.2, -0.15) is 0 Å². The van der Waals surface area contributed by atoms with Crippen molar-refractivity contribution in [3.05, 3.63) is 23.8 Å². The Bertz CT molecular complexity index is 587. The van der Waals surface area contributed by atoms with Gasteiger partial charge >= 0.3 is 0 Å². The average Bonchev–Trinajstić information content (AvgIpc) is 2.37. The SMILES string of the molecule is CC(C)(O)c1cc(N2CCOCC2)cc(S(N)(=O)=O)c1. The normalized spacial score (nSPS) is 17.3. The predicted molar refractivity (Wildman–Crippen MR) is 76.1 cm³/mol. The van der Waals surface area contributed by atoms with Gasteiger partial charge in [-0.05, 0) is 37.6 Å². The number of nitrogens with two attached hydrogens (primary N) is 1. The fraction of sp³-hybridized carbons (Fsp3) is 0.538. The van der Waals surface area contributed by atoms with Crippen molar-refractivity contribution in [2.75, 3.05) is 31.2 Å². The van der Waals surface area contributed by atoms with E-state index in [1.165, 1.54) is 12.1 Å². The van der Waals surface area contributed by atoms with Crippen molar-refractivity contribution >= 4 is 15.7 Å². The van der Waals surface area contributed by atoms with Crippen molar-refractivity contribution in [2.24, 2.45) is 5.14 Å². The highest BCUT2D eigenvalue weighted by atomic mass is 32.2. The number of nitrogens with zero attached hydrogens (tertiary/aromatic N) is 1. The fourth-order valence-electron chi connectivity index (χ4n) is 2.10. The van der Waals surface area contributed by atoms with E-state index in [9.17, 15) is 13.5 Å². The molecule has 2 rings (SSSR count). The second kappa shape index (κ2) is 5.33. The Morgan fingerprint density at radius 2 is 1.85 bits per heavy atom. The second-order valence-corrected chi connectivity index (χ2v) is 6.98. The van der Waals surface area contributed by atoms with E-state index in [2.05, 4.69) is 0 Å². The summed E-state index contributed by atoms with van der Waals surface area (Å²) in [5.74, 6) is 0. The molecule has 1 aromatic rings. The molecule has 1 aromatic carbocycles. The number of ether oxygens (including phenoxy) is 1. The van der Waals surface area contributed by atoms with Crippen LogP contribution in [-0.4, -0.2) is 39.8 Å². The van der Waals surface area contributed by atoms with Crippen molar-refractivity contribution in [1.82, 2.24) is 0 Å². The van der Waals surface area contributed by atoms with E-state index in [1.807, 2.05) is 4.90 Å². The van der Waals surface area contributed by atoms with Crippen LogP contribution in [0.15, 0.2) is 23.1 Å². The van der Waals surface area contributed by atoms with Crippen LogP contribution in [0.2, 0.25) is 0 Å². The summed E-state index contributed by atoms with van der Waals surface area (Å²) >= 11 is 0. The number of hydrogen-bond donors (Lipinski definition) is 2. The molecule has 0 saturated carbocycles. The lowest BCUT2D eigenvalue weighted by Gasteiger charge is -2.30. The molecule has 0 radical (unpaired) electrons. The fourth-order valence-corrected chi connectivity index (χ4v) is 2.68. The van der Waals surface area contributed by atoms with Crippen LogP contribution in [0, 0.1) is 0 Å². The quantitative estimate of drug-likeness (QED) is 0.843. The zero-order chi connectivity index (χ0) is 15.0. The third-order valence-corrected chi connectivity index (χ3v) is 4.20. The molecule has 20 heavy (non-hydrogen) atoms. The Morgan fingerprint density at radius 1 is 1.25 bits per heavy atom. The van der Waals surface area contributed by atoms with Gasteiger partial charge in [0.25, 0.3) is 0 Å². The maximum atomic E-state index is 11.6. The standard InChI is InChI=1S/C13H20N2O4S/c1-13(2,16)10-7-11(15-3-5-19-6-4-15)9-12(8-10)20(14,17)18/h7-9,16H,3-6H2,1-2H3,(H2,14,17,18). The summed E-state index contributed by atoms with van der Waals surface area (Å²) in [7, 11) is -3.82. The molecule has 1 aliphatic rings. The van der Waals surface area contributed by atoms with Gasteiger partial charge in [0.15, 0.2) is 0 Å². The van der Waals surface area contributed by atoms with E-state index >= 15 is 0 Å². The topological polar surface area (TPSA) is 92.9 Å². The Balaban J connectivity index is 2.51. The third-order valence-electron chi connectivity index (χ3n) is 3.30. The van der Waals surface area contributed by atoms with Crippen LogP contribution in [0.1, 0.15) is 19.4 Å².